The zero-order valence-electron chi connectivity index (χ0n) is 10.9. The molecule has 0 aromatic heterocycles. The lowest BCUT2D eigenvalue weighted by Gasteiger charge is -2.25. The maximum atomic E-state index is 5.73. The minimum absolute atomic E-state index is 0.0784. The van der Waals surface area contributed by atoms with Crippen LogP contribution in [0.3, 0.4) is 0 Å². The molecule has 1 aliphatic carbocycles. The highest BCUT2D eigenvalue weighted by atomic mass is 16.5. The number of aliphatic imine (C=N–C) groups is 1. The van der Waals surface area contributed by atoms with E-state index in [9.17, 15) is 0 Å². The standard InChI is InChI=1S/C15H21NO/c1-5-7-12-8-6-9-13(11(12)2)14-16-15(3,4)10-17-14/h5-6,8-9,11-12H,1,7,10H2,2-4H3/t11-,12+/m1/s1. The van der Waals surface area contributed by atoms with Crippen LogP contribution in [0.4, 0.5) is 0 Å². The van der Waals surface area contributed by atoms with E-state index in [0.717, 1.165) is 12.3 Å². The van der Waals surface area contributed by atoms with Gasteiger partial charge in [-0.15, -0.1) is 6.58 Å². The van der Waals surface area contributed by atoms with E-state index in [1.807, 2.05) is 6.08 Å². The van der Waals surface area contributed by atoms with Gasteiger partial charge >= 0.3 is 0 Å². The van der Waals surface area contributed by atoms with Crippen LogP contribution in [0, 0.1) is 11.8 Å². The van der Waals surface area contributed by atoms with E-state index in [4.69, 9.17) is 4.74 Å². The van der Waals surface area contributed by atoms with Gasteiger partial charge in [0, 0.05) is 5.57 Å². The minimum atomic E-state index is -0.0784. The van der Waals surface area contributed by atoms with Crippen LogP contribution in [0.15, 0.2) is 41.4 Å². The summed E-state index contributed by atoms with van der Waals surface area (Å²) in [6, 6.07) is 0. The number of hydrogen-bond acceptors (Lipinski definition) is 2. The first-order valence-electron chi connectivity index (χ1n) is 6.26. The molecule has 0 amide bonds. The molecule has 0 spiro atoms. The monoisotopic (exact) mass is 231 g/mol. The Morgan fingerprint density at radius 2 is 2.35 bits per heavy atom. The second kappa shape index (κ2) is 4.52. The summed E-state index contributed by atoms with van der Waals surface area (Å²) in [5.74, 6) is 1.80. The van der Waals surface area contributed by atoms with Crippen molar-refractivity contribution in [3.05, 3.63) is 36.5 Å². The predicted molar refractivity (Wildman–Crippen MR) is 72.2 cm³/mol. The molecule has 0 saturated carbocycles. The summed E-state index contributed by atoms with van der Waals surface area (Å²) in [5.41, 5.74) is 1.15. The number of hydrogen-bond donors (Lipinski definition) is 0. The van der Waals surface area contributed by atoms with Crippen LogP contribution in [-0.2, 0) is 4.74 Å². The molecule has 17 heavy (non-hydrogen) atoms. The van der Waals surface area contributed by atoms with Gasteiger partial charge in [-0.25, -0.2) is 4.99 Å². The molecule has 1 heterocycles. The highest BCUT2D eigenvalue weighted by Gasteiger charge is 2.32. The van der Waals surface area contributed by atoms with Crippen LogP contribution < -0.4 is 0 Å². The average Bonchev–Trinajstić information content (AvgIpc) is 2.62. The third-order valence-electron chi connectivity index (χ3n) is 3.42. The van der Waals surface area contributed by atoms with E-state index in [2.05, 4.69) is 50.6 Å². The second-order valence-corrected chi connectivity index (χ2v) is 5.50. The lowest BCUT2D eigenvalue weighted by atomic mass is 9.81. The molecule has 0 saturated heterocycles. The Bertz CT molecular complexity index is 401. The Morgan fingerprint density at radius 3 is 2.94 bits per heavy atom. The summed E-state index contributed by atoms with van der Waals surface area (Å²) in [4.78, 5) is 4.66. The van der Waals surface area contributed by atoms with Gasteiger partial charge in [0.15, 0.2) is 0 Å². The molecular weight excluding hydrogens is 210 g/mol. The normalized spacial score (nSPS) is 30.5. The molecule has 2 aliphatic rings. The third kappa shape index (κ3) is 2.51. The molecule has 0 fully saturated rings. The summed E-state index contributed by atoms with van der Waals surface area (Å²) in [5, 5.41) is 0. The summed E-state index contributed by atoms with van der Waals surface area (Å²) >= 11 is 0. The molecule has 0 aromatic rings. The number of rotatable bonds is 3. The highest BCUT2D eigenvalue weighted by molar-refractivity contribution is 5.96. The highest BCUT2D eigenvalue weighted by Crippen LogP contribution is 2.32. The van der Waals surface area contributed by atoms with Gasteiger partial charge < -0.3 is 4.74 Å². The number of ether oxygens (including phenoxy) is 1. The van der Waals surface area contributed by atoms with Crippen LogP contribution in [0.25, 0.3) is 0 Å². The van der Waals surface area contributed by atoms with Crippen molar-refractivity contribution in [2.75, 3.05) is 6.61 Å². The van der Waals surface area contributed by atoms with Crippen LogP contribution in [-0.4, -0.2) is 18.0 Å². The van der Waals surface area contributed by atoms with E-state index >= 15 is 0 Å². The fraction of sp³-hybridized carbons (Fsp3) is 0.533. The maximum absolute atomic E-state index is 5.73. The fourth-order valence-corrected chi connectivity index (χ4v) is 2.32. The minimum Gasteiger partial charge on any atom is -0.475 e. The Labute approximate surface area is 104 Å². The Morgan fingerprint density at radius 1 is 1.59 bits per heavy atom. The summed E-state index contributed by atoms with van der Waals surface area (Å²) in [6.07, 6.45) is 9.48. The van der Waals surface area contributed by atoms with Gasteiger partial charge in [0.1, 0.15) is 6.61 Å². The van der Waals surface area contributed by atoms with Crippen LogP contribution in [0.1, 0.15) is 27.2 Å². The lowest BCUT2D eigenvalue weighted by Crippen LogP contribution is -2.20. The molecule has 92 valence electrons. The first-order chi connectivity index (χ1) is 8.03. The van der Waals surface area contributed by atoms with Crippen LogP contribution >= 0.6 is 0 Å². The topological polar surface area (TPSA) is 21.6 Å². The largest absolute Gasteiger partial charge is 0.475 e. The molecule has 2 nitrogen and oxygen atoms in total. The summed E-state index contributed by atoms with van der Waals surface area (Å²) in [7, 11) is 0. The molecule has 2 heteroatoms. The number of nitrogens with zero attached hydrogens (tertiary/aromatic N) is 1. The number of allylic oxidation sites excluding steroid dienone is 4. The van der Waals surface area contributed by atoms with Crippen molar-refractivity contribution in [3.8, 4) is 0 Å². The fourth-order valence-electron chi connectivity index (χ4n) is 2.32. The van der Waals surface area contributed by atoms with Gasteiger partial charge in [-0.3, -0.25) is 0 Å². The van der Waals surface area contributed by atoms with Gasteiger partial charge in [0.05, 0.1) is 5.54 Å². The molecule has 1 aliphatic heterocycles. The van der Waals surface area contributed by atoms with E-state index in [1.165, 1.54) is 5.57 Å². The zero-order chi connectivity index (χ0) is 12.5. The van der Waals surface area contributed by atoms with Gasteiger partial charge in [0.2, 0.25) is 5.90 Å². The van der Waals surface area contributed by atoms with Crippen LogP contribution in [0.5, 0.6) is 0 Å². The molecule has 2 atom stereocenters. The molecule has 2 rings (SSSR count). The van der Waals surface area contributed by atoms with Gasteiger partial charge in [-0.05, 0) is 32.1 Å². The summed E-state index contributed by atoms with van der Waals surface area (Å²) < 4.78 is 5.73. The van der Waals surface area contributed by atoms with Crippen molar-refractivity contribution >= 4 is 5.90 Å². The Hall–Kier alpha value is -1.31. The van der Waals surface area contributed by atoms with E-state index in [-0.39, 0.29) is 5.54 Å². The van der Waals surface area contributed by atoms with Gasteiger partial charge in [-0.1, -0.05) is 31.2 Å². The Balaban J connectivity index is 2.20. The van der Waals surface area contributed by atoms with Crippen molar-refractivity contribution in [1.29, 1.82) is 0 Å². The SMILES string of the molecule is C=CC[C@H]1C=CC=C(C2=NC(C)(C)CO2)[C@@H]1C. The Kier molecular flexibility index (Phi) is 3.23. The molecule has 0 unspecified atom stereocenters. The molecule has 0 aromatic carbocycles. The first-order valence-corrected chi connectivity index (χ1v) is 6.26. The summed E-state index contributed by atoms with van der Waals surface area (Å²) in [6.45, 7) is 10.9. The molecule has 0 radical (unpaired) electrons. The van der Waals surface area contributed by atoms with E-state index in [1.54, 1.807) is 0 Å². The van der Waals surface area contributed by atoms with Crippen molar-refractivity contribution in [3.63, 3.8) is 0 Å². The quantitative estimate of drug-likeness (QED) is 0.681. The van der Waals surface area contributed by atoms with Crippen molar-refractivity contribution in [1.82, 2.24) is 0 Å². The van der Waals surface area contributed by atoms with Crippen molar-refractivity contribution in [2.24, 2.45) is 16.8 Å². The van der Waals surface area contributed by atoms with Crippen molar-refractivity contribution in [2.45, 2.75) is 32.7 Å². The lowest BCUT2D eigenvalue weighted by molar-refractivity contribution is 0.276. The van der Waals surface area contributed by atoms with E-state index < -0.39 is 0 Å². The second-order valence-electron chi connectivity index (χ2n) is 5.50. The first kappa shape index (κ1) is 12.2. The van der Waals surface area contributed by atoms with Gasteiger partial charge in [-0.2, -0.15) is 0 Å². The molecule has 0 N–H and O–H groups in total. The van der Waals surface area contributed by atoms with Crippen molar-refractivity contribution < 1.29 is 4.74 Å². The third-order valence-corrected chi connectivity index (χ3v) is 3.42. The van der Waals surface area contributed by atoms with Crippen LogP contribution in [0.2, 0.25) is 0 Å². The molecule has 0 bridgehead atoms. The van der Waals surface area contributed by atoms with E-state index in [0.29, 0.717) is 18.4 Å². The smallest absolute Gasteiger partial charge is 0.212 e. The zero-order valence-corrected chi connectivity index (χ0v) is 10.9. The maximum Gasteiger partial charge on any atom is 0.212 e. The predicted octanol–water partition coefficient (Wildman–Crippen LogP) is 3.52. The van der Waals surface area contributed by atoms with Gasteiger partial charge in [0.25, 0.3) is 0 Å². The average molecular weight is 231 g/mol. The molecular formula is C15H21NO.